The van der Waals surface area contributed by atoms with Crippen molar-refractivity contribution < 1.29 is 4.74 Å². The normalized spacial score (nSPS) is 20.9. The third-order valence-corrected chi connectivity index (χ3v) is 3.60. The number of nitrogens with one attached hydrogen (secondary N) is 1. The van der Waals surface area contributed by atoms with Crippen molar-refractivity contribution in [3.8, 4) is 0 Å². The van der Waals surface area contributed by atoms with E-state index in [1.165, 1.54) is 6.33 Å². The number of halogens is 1. The van der Waals surface area contributed by atoms with E-state index in [2.05, 4.69) is 37.7 Å². The van der Waals surface area contributed by atoms with Gasteiger partial charge in [0.15, 0.2) is 11.7 Å². The van der Waals surface area contributed by atoms with Crippen molar-refractivity contribution >= 4 is 33.6 Å². The molecule has 3 heterocycles. The fraction of sp³-hybridized carbons (Fsp3) is 0.500. The highest BCUT2D eigenvalue weighted by Gasteiger charge is 2.22. The maximum Gasteiger partial charge on any atom is 0.277 e. The molecule has 2 aromatic rings. The molecule has 90 valence electrons. The molecule has 0 radical (unpaired) electrons. The summed E-state index contributed by atoms with van der Waals surface area (Å²) in [6.07, 6.45) is 4.32. The Morgan fingerprint density at radius 1 is 1.53 bits per heavy atom. The summed E-state index contributed by atoms with van der Waals surface area (Å²) in [4.78, 5) is 18.6. The van der Waals surface area contributed by atoms with Gasteiger partial charge in [0.2, 0.25) is 0 Å². The van der Waals surface area contributed by atoms with Crippen LogP contribution in [0.25, 0.3) is 11.0 Å². The van der Waals surface area contributed by atoms with Crippen LogP contribution in [0, 0.1) is 3.70 Å². The Hall–Kier alpha value is -0.960. The van der Waals surface area contributed by atoms with Crippen LogP contribution in [0.5, 0.6) is 0 Å². The molecule has 2 aromatic heterocycles. The SMILES string of the molecule is O=c1[nH]cnc2c(I)nn(C3CCCCO3)c12. The molecule has 0 aromatic carbocycles. The lowest BCUT2D eigenvalue weighted by Gasteiger charge is -2.22. The average Bonchev–Trinajstić information content (AvgIpc) is 2.70. The van der Waals surface area contributed by atoms with Gasteiger partial charge in [-0.2, -0.15) is 5.10 Å². The van der Waals surface area contributed by atoms with Gasteiger partial charge >= 0.3 is 0 Å². The van der Waals surface area contributed by atoms with Crippen molar-refractivity contribution in [2.45, 2.75) is 25.5 Å². The molecule has 1 aliphatic heterocycles. The number of fused-ring (bicyclic) bond motifs is 1. The number of nitrogens with zero attached hydrogens (tertiary/aromatic N) is 3. The fourth-order valence-corrected chi connectivity index (χ4v) is 2.70. The Morgan fingerprint density at radius 2 is 2.41 bits per heavy atom. The van der Waals surface area contributed by atoms with Gasteiger partial charge in [0.05, 0.1) is 6.33 Å². The maximum absolute atomic E-state index is 11.8. The molecular weight excluding hydrogens is 335 g/mol. The van der Waals surface area contributed by atoms with E-state index in [4.69, 9.17) is 4.74 Å². The van der Waals surface area contributed by atoms with Crippen LogP contribution in [0.4, 0.5) is 0 Å². The predicted octanol–water partition coefficient (Wildman–Crippen LogP) is 1.42. The first kappa shape index (κ1) is 11.1. The lowest BCUT2D eigenvalue weighted by atomic mass is 10.2. The van der Waals surface area contributed by atoms with Gasteiger partial charge in [0.25, 0.3) is 5.56 Å². The zero-order valence-corrected chi connectivity index (χ0v) is 11.2. The quantitative estimate of drug-likeness (QED) is 0.793. The van der Waals surface area contributed by atoms with Crippen molar-refractivity contribution in [3.63, 3.8) is 0 Å². The summed E-state index contributed by atoms with van der Waals surface area (Å²) in [6, 6.07) is 0. The van der Waals surface area contributed by atoms with Gasteiger partial charge in [-0.05, 0) is 41.9 Å². The molecule has 7 heteroatoms. The Balaban J connectivity index is 2.19. The molecule has 6 nitrogen and oxygen atoms in total. The van der Waals surface area contributed by atoms with Crippen molar-refractivity contribution in [1.29, 1.82) is 0 Å². The number of hydrogen-bond acceptors (Lipinski definition) is 4. The molecule has 0 saturated carbocycles. The lowest BCUT2D eigenvalue weighted by Crippen LogP contribution is -2.22. The Kier molecular flexibility index (Phi) is 2.87. The summed E-state index contributed by atoms with van der Waals surface area (Å²) >= 11 is 2.09. The third kappa shape index (κ3) is 1.86. The van der Waals surface area contributed by atoms with Crippen molar-refractivity contribution in [3.05, 3.63) is 20.4 Å². The zero-order valence-electron chi connectivity index (χ0n) is 9.02. The largest absolute Gasteiger partial charge is 0.356 e. The van der Waals surface area contributed by atoms with E-state index in [1.807, 2.05) is 0 Å². The summed E-state index contributed by atoms with van der Waals surface area (Å²) in [6.45, 7) is 0.723. The summed E-state index contributed by atoms with van der Waals surface area (Å²) < 4.78 is 8.06. The van der Waals surface area contributed by atoms with E-state index in [0.29, 0.717) is 11.0 Å². The van der Waals surface area contributed by atoms with Crippen LogP contribution in [0.3, 0.4) is 0 Å². The number of ether oxygens (including phenoxy) is 1. The van der Waals surface area contributed by atoms with Gasteiger partial charge in [0.1, 0.15) is 9.22 Å². The van der Waals surface area contributed by atoms with E-state index < -0.39 is 0 Å². The summed E-state index contributed by atoms with van der Waals surface area (Å²) in [7, 11) is 0. The smallest absolute Gasteiger partial charge is 0.277 e. The molecule has 1 atom stereocenters. The molecule has 1 unspecified atom stereocenters. The summed E-state index contributed by atoms with van der Waals surface area (Å²) in [5.74, 6) is 0. The molecule has 0 spiro atoms. The first-order chi connectivity index (χ1) is 8.27. The predicted molar refractivity (Wildman–Crippen MR) is 69.7 cm³/mol. The van der Waals surface area contributed by atoms with E-state index in [-0.39, 0.29) is 11.8 Å². The van der Waals surface area contributed by atoms with Crippen LogP contribution in [0.15, 0.2) is 11.1 Å². The molecule has 0 bridgehead atoms. The highest BCUT2D eigenvalue weighted by molar-refractivity contribution is 14.1. The topological polar surface area (TPSA) is 72.8 Å². The summed E-state index contributed by atoms with van der Waals surface area (Å²) in [5, 5.41) is 4.37. The van der Waals surface area contributed by atoms with E-state index in [9.17, 15) is 4.79 Å². The minimum absolute atomic E-state index is 0.139. The van der Waals surface area contributed by atoms with Crippen LogP contribution in [0.1, 0.15) is 25.5 Å². The first-order valence-corrected chi connectivity index (χ1v) is 6.58. The van der Waals surface area contributed by atoms with Gasteiger partial charge in [-0.25, -0.2) is 9.67 Å². The first-order valence-electron chi connectivity index (χ1n) is 5.50. The van der Waals surface area contributed by atoms with Gasteiger partial charge in [-0.3, -0.25) is 4.79 Å². The van der Waals surface area contributed by atoms with Crippen LogP contribution in [-0.2, 0) is 4.74 Å². The highest BCUT2D eigenvalue weighted by Crippen LogP contribution is 2.25. The second-order valence-electron chi connectivity index (χ2n) is 3.99. The van der Waals surface area contributed by atoms with Crippen molar-refractivity contribution in [2.75, 3.05) is 6.61 Å². The monoisotopic (exact) mass is 346 g/mol. The van der Waals surface area contributed by atoms with Crippen LogP contribution < -0.4 is 5.56 Å². The maximum atomic E-state index is 11.8. The van der Waals surface area contributed by atoms with Crippen LogP contribution in [0.2, 0.25) is 0 Å². The molecule has 3 rings (SSSR count). The standard InChI is InChI=1S/C10H11IN4O2/c11-9-7-8(10(16)13-5-12-7)15(14-9)6-3-1-2-4-17-6/h5-6H,1-4H2,(H,12,13,16). The third-order valence-electron chi connectivity index (χ3n) is 2.88. The van der Waals surface area contributed by atoms with Gasteiger partial charge in [-0.15, -0.1) is 0 Å². The number of H-pyrrole nitrogens is 1. The minimum Gasteiger partial charge on any atom is -0.356 e. The van der Waals surface area contributed by atoms with Gasteiger partial charge < -0.3 is 9.72 Å². The Bertz CT molecular complexity index is 600. The summed E-state index contributed by atoms with van der Waals surface area (Å²) in [5.41, 5.74) is 0.979. The van der Waals surface area contributed by atoms with Crippen molar-refractivity contribution in [1.82, 2.24) is 19.7 Å². The molecule has 0 amide bonds. The average molecular weight is 346 g/mol. The van der Waals surface area contributed by atoms with E-state index in [1.54, 1.807) is 4.68 Å². The molecule has 17 heavy (non-hydrogen) atoms. The lowest BCUT2D eigenvalue weighted by molar-refractivity contribution is -0.0369. The van der Waals surface area contributed by atoms with Crippen LogP contribution in [-0.4, -0.2) is 26.4 Å². The second kappa shape index (κ2) is 4.37. The van der Waals surface area contributed by atoms with E-state index >= 15 is 0 Å². The Morgan fingerprint density at radius 3 is 3.18 bits per heavy atom. The molecule has 0 aliphatic carbocycles. The highest BCUT2D eigenvalue weighted by atomic mass is 127. The second-order valence-corrected chi connectivity index (χ2v) is 5.01. The van der Waals surface area contributed by atoms with Gasteiger partial charge in [0, 0.05) is 6.61 Å². The molecule has 1 aliphatic rings. The molecular formula is C10H11IN4O2. The number of hydrogen-bond donors (Lipinski definition) is 1. The van der Waals surface area contributed by atoms with Crippen LogP contribution >= 0.6 is 22.6 Å². The fourth-order valence-electron chi connectivity index (χ4n) is 2.07. The number of rotatable bonds is 1. The number of aromatic nitrogens is 4. The minimum atomic E-state index is -0.167. The molecule has 1 N–H and O–H groups in total. The van der Waals surface area contributed by atoms with E-state index in [0.717, 1.165) is 29.6 Å². The zero-order chi connectivity index (χ0) is 11.8. The Labute approximate surface area is 111 Å². The molecule has 1 fully saturated rings. The van der Waals surface area contributed by atoms with Crippen molar-refractivity contribution in [2.24, 2.45) is 0 Å². The number of aromatic amines is 1. The van der Waals surface area contributed by atoms with Gasteiger partial charge in [-0.1, -0.05) is 0 Å². The molecule has 1 saturated heterocycles.